The van der Waals surface area contributed by atoms with Crippen LogP contribution in [-0.2, 0) is 35.3 Å². The van der Waals surface area contributed by atoms with Gasteiger partial charge in [-0.3, -0.25) is 4.79 Å². The molecule has 3 rings (SSSR count). The van der Waals surface area contributed by atoms with Gasteiger partial charge in [-0.1, -0.05) is 36.8 Å². The number of nitrogens with one attached hydrogen (secondary N) is 2. The Bertz CT molecular complexity index is 1500. The van der Waals surface area contributed by atoms with Gasteiger partial charge in [-0.05, 0) is 43.7 Å². The van der Waals surface area contributed by atoms with E-state index in [0.717, 1.165) is 33.5 Å². The zero-order valence-electron chi connectivity index (χ0n) is 23.4. The molecule has 1 atom stereocenters. The average molecular weight is 630 g/mol. The molecular weight excluding hydrogens is 599 g/mol. The summed E-state index contributed by atoms with van der Waals surface area (Å²) >= 11 is 0. The van der Waals surface area contributed by atoms with Crippen LogP contribution in [0.25, 0.3) is 16.9 Å². The number of likely N-dealkylation sites (N-methyl/N-ethyl adjacent to an activating group) is 1. The monoisotopic (exact) mass is 629 g/mol. The van der Waals surface area contributed by atoms with E-state index in [9.17, 15) is 36.4 Å². The van der Waals surface area contributed by atoms with Crippen LogP contribution in [0.4, 0.5) is 18.0 Å². The smallest absolute Gasteiger partial charge is 0.435 e. The summed E-state index contributed by atoms with van der Waals surface area (Å²) in [7, 11) is -3.11. The van der Waals surface area contributed by atoms with E-state index in [1.807, 2.05) is 6.92 Å². The lowest BCUT2D eigenvalue weighted by atomic mass is 10.1. The standard InChI is InChI=1S/C26H30F3N5O8S/c1-4-5-24(35)41-17-42-34(37)32(3)14-15-40-25(36)31-43(38,39)21-12-10-20(11-13-21)33-22(16-23(30-33)26(27,28)29)19-8-6-18(2)7-9-19/h6-13,16,34H,4-5,14-15,17H2,1-3H3,(H,31,36). The summed E-state index contributed by atoms with van der Waals surface area (Å²) in [5, 5.41) is 15.7. The highest BCUT2D eigenvalue weighted by Gasteiger charge is 2.35. The highest BCUT2D eigenvalue weighted by atomic mass is 32.2. The molecule has 0 bridgehead atoms. The Morgan fingerprint density at radius 3 is 2.35 bits per heavy atom. The summed E-state index contributed by atoms with van der Waals surface area (Å²) in [4.78, 5) is 27.7. The van der Waals surface area contributed by atoms with Gasteiger partial charge in [-0.2, -0.15) is 18.3 Å². The molecule has 0 saturated heterocycles. The molecule has 17 heteroatoms. The SMILES string of the molecule is CCCC(=O)OCO[NH+]([O-])N(C)CCOC(=O)NS(=O)(=O)c1ccc(-n2nc(C(F)(F)F)cc2-c2ccc(C)cc2)cc1. The van der Waals surface area contributed by atoms with Crippen molar-refractivity contribution in [2.75, 3.05) is 27.0 Å². The van der Waals surface area contributed by atoms with E-state index in [1.54, 1.807) is 35.9 Å². The summed E-state index contributed by atoms with van der Waals surface area (Å²) in [5.41, 5.74) is 0.518. The van der Waals surface area contributed by atoms with Crippen LogP contribution in [0.3, 0.4) is 0 Å². The Morgan fingerprint density at radius 1 is 1.09 bits per heavy atom. The van der Waals surface area contributed by atoms with Crippen LogP contribution >= 0.6 is 0 Å². The Labute approximate surface area is 245 Å². The van der Waals surface area contributed by atoms with Crippen molar-refractivity contribution in [3.05, 3.63) is 71.1 Å². The van der Waals surface area contributed by atoms with Crippen LogP contribution in [0, 0.1) is 12.1 Å². The number of nitrogens with zero attached hydrogens (tertiary/aromatic N) is 3. The molecule has 2 N–H and O–H groups in total. The number of ether oxygens (including phenoxy) is 2. The fraction of sp³-hybridized carbons (Fsp3) is 0.346. The van der Waals surface area contributed by atoms with Gasteiger partial charge < -0.3 is 14.7 Å². The van der Waals surface area contributed by atoms with E-state index in [-0.39, 0.29) is 29.2 Å². The van der Waals surface area contributed by atoms with Gasteiger partial charge in [0.1, 0.15) is 6.61 Å². The van der Waals surface area contributed by atoms with Crippen molar-refractivity contribution in [3.63, 3.8) is 0 Å². The molecule has 0 radical (unpaired) electrons. The minimum Gasteiger partial charge on any atom is -0.579 e. The lowest BCUT2D eigenvalue weighted by Gasteiger charge is -2.27. The van der Waals surface area contributed by atoms with E-state index in [2.05, 4.69) is 5.10 Å². The summed E-state index contributed by atoms with van der Waals surface area (Å²) in [6.07, 6.45) is -5.30. The largest absolute Gasteiger partial charge is 0.579 e. The third-order valence-electron chi connectivity index (χ3n) is 5.78. The Morgan fingerprint density at radius 2 is 1.74 bits per heavy atom. The molecule has 234 valence electrons. The fourth-order valence-electron chi connectivity index (χ4n) is 3.51. The van der Waals surface area contributed by atoms with Crippen molar-refractivity contribution >= 4 is 22.1 Å². The number of carbonyl (C=O) groups excluding carboxylic acids is 2. The van der Waals surface area contributed by atoms with Crippen molar-refractivity contribution in [3.8, 4) is 16.9 Å². The summed E-state index contributed by atoms with van der Waals surface area (Å²) in [6, 6.07) is 12.3. The van der Waals surface area contributed by atoms with E-state index in [4.69, 9.17) is 14.3 Å². The number of quaternary nitrogens is 1. The number of amides is 1. The first-order valence-corrected chi connectivity index (χ1v) is 14.3. The molecule has 43 heavy (non-hydrogen) atoms. The predicted molar refractivity (Wildman–Crippen MR) is 144 cm³/mol. The molecule has 1 heterocycles. The topological polar surface area (TPSA) is 157 Å². The van der Waals surface area contributed by atoms with Crippen molar-refractivity contribution < 1.29 is 50.8 Å². The zero-order valence-corrected chi connectivity index (χ0v) is 24.2. The Kier molecular flexibility index (Phi) is 11.2. The van der Waals surface area contributed by atoms with Gasteiger partial charge in [0, 0.05) is 19.0 Å². The first-order valence-electron chi connectivity index (χ1n) is 12.8. The van der Waals surface area contributed by atoms with Crippen LogP contribution in [0.2, 0.25) is 0 Å². The van der Waals surface area contributed by atoms with Crippen LogP contribution < -0.4 is 10.1 Å². The molecule has 3 aromatic rings. The summed E-state index contributed by atoms with van der Waals surface area (Å²) in [5.74, 6) is -0.530. The molecule has 13 nitrogen and oxygen atoms in total. The first kappa shape index (κ1) is 33.5. The minimum atomic E-state index is -4.71. The maximum Gasteiger partial charge on any atom is 0.435 e. The second-order valence-electron chi connectivity index (χ2n) is 9.14. The number of rotatable bonds is 13. The molecule has 1 aromatic heterocycles. The van der Waals surface area contributed by atoms with Crippen molar-refractivity contribution in [1.29, 1.82) is 0 Å². The molecule has 0 spiro atoms. The van der Waals surface area contributed by atoms with Crippen LogP contribution in [-0.4, -0.2) is 62.3 Å². The number of halogens is 3. The van der Waals surface area contributed by atoms with Gasteiger partial charge in [0.15, 0.2) is 5.69 Å². The number of alkyl halides is 3. The number of benzene rings is 2. The molecule has 0 aliphatic carbocycles. The molecule has 1 amide bonds. The number of hydrogen-bond donors (Lipinski definition) is 2. The lowest BCUT2D eigenvalue weighted by molar-refractivity contribution is -1.14. The van der Waals surface area contributed by atoms with E-state index >= 15 is 0 Å². The molecule has 2 aromatic carbocycles. The van der Waals surface area contributed by atoms with Gasteiger partial charge in [0.05, 0.1) is 22.8 Å². The quantitative estimate of drug-likeness (QED) is 0.164. The maximum atomic E-state index is 13.4. The Hall–Kier alpha value is -4.03. The molecule has 0 aliphatic heterocycles. The van der Waals surface area contributed by atoms with Crippen molar-refractivity contribution in [2.24, 2.45) is 0 Å². The highest BCUT2D eigenvalue weighted by molar-refractivity contribution is 7.90. The third-order valence-corrected chi connectivity index (χ3v) is 7.11. The van der Waals surface area contributed by atoms with Gasteiger partial charge in [-0.25, -0.2) is 22.6 Å². The minimum absolute atomic E-state index is 0.135. The van der Waals surface area contributed by atoms with Crippen LogP contribution in [0.15, 0.2) is 59.5 Å². The first-order chi connectivity index (χ1) is 20.2. The maximum absolute atomic E-state index is 13.4. The van der Waals surface area contributed by atoms with Crippen LogP contribution in [0.5, 0.6) is 0 Å². The number of esters is 1. The zero-order chi connectivity index (χ0) is 31.8. The van der Waals surface area contributed by atoms with E-state index in [1.165, 1.54) is 19.2 Å². The predicted octanol–water partition coefficient (Wildman–Crippen LogP) is 2.74. The normalized spacial score (nSPS) is 12.7. The average Bonchev–Trinajstić information content (AvgIpc) is 3.39. The third kappa shape index (κ3) is 9.48. The number of carbonyl (C=O) groups is 2. The van der Waals surface area contributed by atoms with Gasteiger partial charge >= 0.3 is 18.2 Å². The van der Waals surface area contributed by atoms with E-state index < -0.39 is 52.7 Å². The lowest BCUT2D eigenvalue weighted by Crippen LogP contribution is -3.12. The van der Waals surface area contributed by atoms with Crippen LogP contribution in [0.1, 0.15) is 31.0 Å². The number of aryl methyl sites for hydroxylation is 1. The number of hydrogen-bond acceptors (Lipinski definition) is 10. The molecule has 0 fully saturated rings. The van der Waals surface area contributed by atoms with Gasteiger partial charge in [0.2, 0.25) is 0 Å². The van der Waals surface area contributed by atoms with Gasteiger partial charge in [-0.15, -0.1) is 15.2 Å². The molecule has 1 unspecified atom stereocenters. The fourth-order valence-corrected chi connectivity index (χ4v) is 4.40. The summed E-state index contributed by atoms with van der Waals surface area (Å²) in [6.45, 7) is 2.46. The summed E-state index contributed by atoms with van der Waals surface area (Å²) < 4.78 is 77.9. The van der Waals surface area contributed by atoms with Crippen molar-refractivity contribution in [2.45, 2.75) is 37.8 Å². The molecular formula is C26H30F3N5O8S. The van der Waals surface area contributed by atoms with Crippen molar-refractivity contribution in [1.82, 2.24) is 19.5 Å². The highest BCUT2D eigenvalue weighted by Crippen LogP contribution is 2.33. The second kappa shape index (κ2) is 14.4. The molecule has 0 aliphatic rings. The second-order valence-corrected chi connectivity index (χ2v) is 10.8. The number of aromatic nitrogens is 2. The van der Waals surface area contributed by atoms with Gasteiger partial charge in [0.25, 0.3) is 16.8 Å². The molecule has 0 saturated carbocycles. The number of sulfonamides is 1. The van der Waals surface area contributed by atoms with E-state index in [0.29, 0.717) is 12.0 Å². The Balaban J connectivity index is 1.61.